The first-order valence-corrected chi connectivity index (χ1v) is 6.22. The second-order valence-electron chi connectivity index (χ2n) is 4.91. The maximum Gasteiger partial charge on any atom is 0.162 e. The van der Waals surface area contributed by atoms with E-state index in [1.54, 1.807) is 0 Å². The second kappa shape index (κ2) is 5.49. The van der Waals surface area contributed by atoms with E-state index in [0.29, 0.717) is 17.6 Å². The van der Waals surface area contributed by atoms with Gasteiger partial charge in [0, 0.05) is 11.6 Å². The molecule has 4 heteroatoms. The Morgan fingerprint density at radius 1 is 1.21 bits per heavy atom. The Morgan fingerprint density at radius 3 is 2.47 bits per heavy atom. The quantitative estimate of drug-likeness (QED) is 0.911. The van der Waals surface area contributed by atoms with Crippen LogP contribution in [0.1, 0.15) is 25.1 Å². The van der Waals surface area contributed by atoms with Gasteiger partial charge in [-0.15, -0.1) is 0 Å². The van der Waals surface area contributed by atoms with Crippen LogP contribution in [0.2, 0.25) is 0 Å². The average molecular weight is 252 g/mol. The van der Waals surface area contributed by atoms with E-state index in [2.05, 4.69) is 35.9 Å². The lowest BCUT2D eigenvalue weighted by Crippen LogP contribution is -1.98. The van der Waals surface area contributed by atoms with E-state index in [1.807, 2.05) is 18.2 Å². The van der Waals surface area contributed by atoms with Gasteiger partial charge in [-0.05, 0) is 17.9 Å². The molecule has 0 bridgehead atoms. The number of aromatic nitrogens is 2. The highest BCUT2D eigenvalue weighted by Gasteiger charge is 2.05. The Bertz CT molecular complexity index is 609. The third-order valence-corrected chi connectivity index (χ3v) is 2.72. The highest BCUT2D eigenvalue weighted by Crippen LogP contribution is 2.18. The lowest BCUT2D eigenvalue weighted by molar-refractivity contribution is 0.647. The maximum absolute atomic E-state index is 8.88. The largest absolute Gasteiger partial charge is 0.384 e. The molecule has 0 aliphatic heterocycles. The highest BCUT2D eigenvalue weighted by molar-refractivity contribution is 5.58. The minimum Gasteiger partial charge on any atom is -0.384 e. The van der Waals surface area contributed by atoms with Crippen LogP contribution in [0.5, 0.6) is 0 Å². The molecule has 19 heavy (non-hydrogen) atoms. The summed E-state index contributed by atoms with van der Waals surface area (Å²) in [5.74, 6) is 1.43. The van der Waals surface area contributed by atoms with Gasteiger partial charge in [0.1, 0.15) is 17.6 Å². The van der Waals surface area contributed by atoms with E-state index in [1.165, 1.54) is 11.6 Å². The van der Waals surface area contributed by atoms with Gasteiger partial charge in [0.05, 0.1) is 0 Å². The van der Waals surface area contributed by atoms with Crippen molar-refractivity contribution in [1.29, 1.82) is 5.26 Å². The summed E-state index contributed by atoms with van der Waals surface area (Å²) in [6.07, 6.45) is 1.04. The zero-order valence-corrected chi connectivity index (χ0v) is 11.1. The van der Waals surface area contributed by atoms with E-state index >= 15 is 0 Å². The zero-order chi connectivity index (χ0) is 13.8. The van der Waals surface area contributed by atoms with Crippen LogP contribution in [-0.4, -0.2) is 9.97 Å². The van der Waals surface area contributed by atoms with Crippen LogP contribution < -0.4 is 5.73 Å². The Kier molecular flexibility index (Phi) is 3.76. The van der Waals surface area contributed by atoms with Gasteiger partial charge < -0.3 is 5.73 Å². The molecule has 0 aliphatic carbocycles. The molecule has 0 radical (unpaired) electrons. The SMILES string of the molecule is CC(C)Cc1ccc(-c2nc(N)cc(C#N)n2)cc1. The Morgan fingerprint density at radius 2 is 1.89 bits per heavy atom. The highest BCUT2D eigenvalue weighted by atomic mass is 14.9. The Hall–Kier alpha value is -2.41. The molecule has 0 spiro atoms. The molecular formula is C15H16N4. The Labute approximate surface area is 112 Å². The molecule has 1 heterocycles. The van der Waals surface area contributed by atoms with Crippen molar-refractivity contribution in [1.82, 2.24) is 9.97 Å². The van der Waals surface area contributed by atoms with Crippen LogP contribution in [0.4, 0.5) is 5.82 Å². The second-order valence-corrected chi connectivity index (χ2v) is 4.91. The molecule has 2 rings (SSSR count). The number of anilines is 1. The van der Waals surface area contributed by atoms with Gasteiger partial charge in [-0.25, -0.2) is 9.97 Å². The van der Waals surface area contributed by atoms with Crippen LogP contribution in [-0.2, 0) is 6.42 Å². The van der Waals surface area contributed by atoms with Gasteiger partial charge in [-0.3, -0.25) is 0 Å². The van der Waals surface area contributed by atoms with Crippen molar-refractivity contribution in [3.05, 3.63) is 41.6 Å². The fraction of sp³-hybridized carbons (Fsp3) is 0.267. The van der Waals surface area contributed by atoms with Crippen molar-refractivity contribution in [3.8, 4) is 17.5 Å². The minimum atomic E-state index is 0.286. The van der Waals surface area contributed by atoms with E-state index < -0.39 is 0 Å². The number of nitrogen functional groups attached to an aromatic ring is 1. The summed E-state index contributed by atoms with van der Waals surface area (Å²) in [4.78, 5) is 8.32. The van der Waals surface area contributed by atoms with Crippen LogP contribution in [0, 0.1) is 17.2 Å². The van der Waals surface area contributed by atoms with E-state index in [4.69, 9.17) is 11.0 Å². The van der Waals surface area contributed by atoms with E-state index in [9.17, 15) is 0 Å². The van der Waals surface area contributed by atoms with Crippen molar-refractivity contribution in [3.63, 3.8) is 0 Å². The molecule has 1 aromatic heterocycles. The molecule has 4 nitrogen and oxygen atoms in total. The first-order valence-electron chi connectivity index (χ1n) is 6.22. The van der Waals surface area contributed by atoms with Crippen molar-refractivity contribution < 1.29 is 0 Å². The van der Waals surface area contributed by atoms with Crippen molar-refractivity contribution in [2.75, 3.05) is 5.73 Å². The number of benzene rings is 1. The third kappa shape index (κ3) is 3.29. The molecule has 2 N–H and O–H groups in total. The standard InChI is InChI=1S/C15H16N4/c1-10(2)7-11-3-5-12(6-4-11)15-18-13(9-16)8-14(17)19-15/h3-6,8,10H,7H2,1-2H3,(H2,17,18,19). The van der Waals surface area contributed by atoms with Crippen molar-refractivity contribution >= 4 is 5.82 Å². The number of nitrogens with zero attached hydrogens (tertiary/aromatic N) is 3. The normalized spacial score (nSPS) is 10.4. The lowest BCUT2D eigenvalue weighted by Gasteiger charge is -2.06. The molecule has 0 aliphatic rings. The Balaban J connectivity index is 2.32. The van der Waals surface area contributed by atoms with Crippen LogP contribution >= 0.6 is 0 Å². The molecule has 0 amide bonds. The topological polar surface area (TPSA) is 75.6 Å². The van der Waals surface area contributed by atoms with Gasteiger partial charge in [-0.2, -0.15) is 5.26 Å². The van der Waals surface area contributed by atoms with Crippen LogP contribution in [0.15, 0.2) is 30.3 Å². The molecule has 0 fully saturated rings. The molecule has 0 saturated carbocycles. The fourth-order valence-corrected chi connectivity index (χ4v) is 1.91. The molecule has 0 unspecified atom stereocenters. The van der Waals surface area contributed by atoms with Gasteiger partial charge in [-0.1, -0.05) is 38.1 Å². The smallest absolute Gasteiger partial charge is 0.162 e. The first-order chi connectivity index (χ1) is 9.08. The molecule has 2 aromatic rings. The zero-order valence-electron chi connectivity index (χ0n) is 11.1. The average Bonchev–Trinajstić information content (AvgIpc) is 2.38. The van der Waals surface area contributed by atoms with Crippen molar-refractivity contribution in [2.24, 2.45) is 5.92 Å². The summed E-state index contributed by atoms with van der Waals surface area (Å²) < 4.78 is 0. The molecule has 0 atom stereocenters. The molecule has 0 saturated heterocycles. The first kappa shape index (κ1) is 13.0. The molecule has 96 valence electrons. The minimum absolute atomic E-state index is 0.286. The number of nitriles is 1. The fourth-order valence-electron chi connectivity index (χ4n) is 1.91. The van der Waals surface area contributed by atoms with Gasteiger partial charge in [0.15, 0.2) is 5.82 Å². The predicted octanol–water partition coefficient (Wildman–Crippen LogP) is 2.80. The van der Waals surface area contributed by atoms with Gasteiger partial charge in [0.2, 0.25) is 0 Å². The van der Waals surface area contributed by atoms with E-state index in [0.717, 1.165) is 12.0 Å². The summed E-state index contributed by atoms with van der Waals surface area (Å²) in [6, 6.07) is 11.5. The number of rotatable bonds is 3. The summed E-state index contributed by atoms with van der Waals surface area (Å²) >= 11 is 0. The monoisotopic (exact) mass is 252 g/mol. The molecular weight excluding hydrogens is 236 g/mol. The van der Waals surface area contributed by atoms with Crippen LogP contribution in [0.25, 0.3) is 11.4 Å². The van der Waals surface area contributed by atoms with Crippen molar-refractivity contribution in [2.45, 2.75) is 20.3 Å². The van der Waals surface area contributed by atoms with Gasteiger partial charge in [0.25, 0.3) is 0 Å². The third-order valence-electron chi connectivity index (χ3n) is 2.72. The predicted molar refractivity (Wildman–Crippen MR) is 75.1 cm³/mol. The maximum atomic E-state index is 8.88. The van der Waals surface area contributed by atoms with Gasteiger partial charge >= 0.3 is 0 Å². The number of hydrogen-bond donors (Lipinski definition) is 1. The summed E-state index contributed by atoms with van der Waals surface area (Å²) in [5, 5.41) is 8.88. The summed E-state index contributed by atoms with van der Waals surface area (Å²) in [6.45, 7) is 4.38. The number of hydrogen-bond acceptors (Lipinski definition) is 4. The van der Waals surface area contributed by atoms with E-state index in [-0.39, 0.29) is 5.69 Å². The van der Waals surface area contributed by atoms with Crippen LogP contribution in [0.3, 0.4) is 0 Å². The summed E-state index contributed by atoms with van der Waals surface area (Å²) in [5.41, 5.74) is 8.10. The number of nitrogens with two attached hydrogens (primary N) is 1. The molecule has 1 aromatic carbocycles. The summed E-state index contributed by atoms with van der Waals surface area (Å²) in [7, 11) is 0. The lowest BCUT2D eigenvalue weighted by atomic mass is 10.0.